The molecule has 2 rings (SSSR count). The smallest absolute Gasteiger partial charge is 0.192 e. The highest BCUT2D eigenvalue weighted by Gasteiger charge is 2.49. The molecule has 0 spiro atoms. The first kappa shape index (κ1) is 24.0. The Hall–Kier alpha value is -1.30. The first-order valence-electron chi connectivity index (χ1n) is 10.3. The number of hydrogen-bond acceptors (Lipinski definition) is 4. The second-order valence-electron chi connectivity index (χ2n) is 9.26. The van der Waals surface area contributed by atoms with E-state index in [9.17, 15) is 4.79 Å². The van der Waals surface area contributed by atoms with E-state index in [1.807, 2.05) is 24.3 Å². The Morgan fingerprint density at radius 3 is 2.48 bits per heavy atom. The van der Waals surface area contributed by atoms with E-state index in [1.54, 1.807) is 25.1 Å². The number of carbonyl (C=O) groups excluding carboxylic acids is 1. The van der Waals surface area contributed by atoms with Crippen molar-refractivity contribution in [1.29, 1.82) is 0 Å². The Bertz CT molecular complexity index is 709. The number of methoxy groups -OCH3 is 1. The predicted octanol–water partition coefficient (Wildman–Crippen LogP) is 6.48. The Balaban J connectivity index is 2.40. The molecule has 1 aromatic rings. The van der Waals surface area contributed by atoms with E-state index >= 15 is 0 Å². The lowest BCUT2D eigenvalue weighted by molar-refractivity contribution is -0.121. The highest BCUT2D eigenvalue weighted by molar-refractivity contribution is 8.00. The molecule has 1 aromatic carbocycles. The summed E-state index contributed by atoms with van der Waals surface area (Å²) >= 11 is 1.78. The zero-order valence-electron chi connectivity index (χ0n) is 18.7. The Kier molecular flexibility index (Phi) is 8.38. The van der Waals surface area contributed by atoms with E-state index in [0.717, 1.165) is 0 Å². The minimum absolute atomic E-state index is 0.0648. The van der Waals surface area contributed by atoms with Gasteiger partial charge in [0.25, 0.3) is 0 Å². The van der Waals surface area contributed by atoms with Crippen molar-refractivity contribution in [2.75, 3.05) is 7.11 Å². The van der Waals surface area contributed by atoms with Crippen LogP contribution in [0.25, 0.3) is 0 Å². The summed E-state index contributed by atoms with van der Waals surface area (Å²) in [5.41, 5.74) is 0. The molecule has 1 saturated carbocycles. The van der Waals surface area contributed by atoms with Gasteiger partial charge in [0, 0.05) is 28.4 Å². The van der Waals surface area contributed by atoms with Gasteiger partial charge in [0.2, 0.25) is 0 Å². The fourth-order valence-corrected chi connectivity index (χ4v) is 6.25. The van der Waals surface area contributed by atoms with Gasteiger partial charge in [-0.3, -0.25) is 4.79 Å². The molecule has 160 valence electrons. The molecule has 0 aromatic heterocycles. The lowest BCUT2D eigenvalue weighted by Gasteiger charge is -2.41. The number of benzene rings is 1. The molecular weight excluding hydrogens is 396 g/mol. The molecule has 0 bridgehead atoms. The molecule has 0 amide bonds. The van der Waals surface area contributed by atoms with Crippen LogP contribution in [0.5, 0.6) is 0 Å². The first-order chi connectivity index (χ1) is 13.6. The quantitative estimate of drug-likeness (QED) is 0.194. The van der Waals surface area contributed by atoms with Crippen LogP contribution in [0.2, 0.25) is 18.1 Å². The summed E-state index contributed by atoms with van der Waals surface area (Å²) < 4.78 is 12.1. The van der Waals surface area contributed by atoms with Crippen LogP contribution in [-0.2, 0) is 14.0 Å². The maximum atomic E-state index is 13.0. The van der Waals surface area contributed by atoms with Crippen molar-refractivity contribution in [3.05, 3.63) is 55.3 Å². The topological polar surface area (TPSA) is 35.5 Å². The normalized spacial score (nSPS) is 24.1. The maximum Gasteiger partial charge on any atom is 0.192 e. The van der Waals surface area contributed by atoms with Crippen molar-refractivity contribution < 1.29 is 14.0 Å². The summed E-state index contributed by atoms with van der Waals surface area (Å²) in [6, 6.07) is 10.3. The highest BCUT2D eigenvalue weighted by atomic mass is 32.2. The van der Waals surface area contributed by atoms with E-state index in [0.29, 0.717) is 18.6 Å². The average molecular weight is 433 g/mol. The van der Waals surface area contributed by atoms with Crippen LogP contribution in [0, 0.1) is 11.8 Å². The molecule has 29 heavy (non-hydrogen) atoms. The Morgan fingerprint density at radius 2 is 1.93 bits per heavy atom. The summed E-state index contributed by atoms with van der Waals surface area (Å²) in [5.74, 6) is 0.319. The summed E-state index contributed by atoms with van der Waals surface area (Å²) in [6.07, 6.45) is 6.79. The van der Waals surface area contributed by atoms with Crippen molar-refractivity contribution in [1.82, 2.24) is 0 Å². The van der Waals surface area contributed by atoms with E-state index in [4.69, 9.17) is 9.16 Å². The molecule has 3 nitrogen and oxygen atoms in total. The standard InChI is InChI=1S/C24H36O3SSi/c1-8-12-19-20(25)17-21(27-29(6,7)24(2,3)4)23(19)22(15-16-26-5)28-18-13-10-9-11-14-18/h8-11,13-16,19,21-23H,1,12,17H2,2-7H3/b16-15+/t19-,21+,22?,23+/m0/s1. The van der Waals surface area contributed by atoms with Crippen LogP contribution in [0.4, 0.5) is 0 Å². The molecule has 1 fully saturated rings. The minimum Gasteiger partial charge on any atom is -0.505 e. The van der Waals surface area contributed by atoms with Crippen molar-refractivity contribution in [2.24, 2.45) is 11.8 Å². The van der Waals surface area contributed by atoms with E-state index in [2.05, 4.69) is 58.7 Å². The molecular formula is C24H36O3SSi. The summed E-state index contributed by atoms with van der Waals surface area (Å²) in [5, 5.41) is 0.185. The number of thioether (sulfide) groups is 1. The van der Waals surface area contributed by atoms with Gasteiger partial charge in [-0.05, 0) is 42.8 Å². The number of ketones is 1. The van der Waals surface area contributed by atoms with Gasteiger partial charge in [-0.1, -0.05) is 45.0 Å². The van der Waals surface area contributed by atoms with Gasteiger partial charge in [-0.2, -0.15) is 0 Å². The van der Waals surface area contributed by atoms with Gasteiger partial charge < -0.3 is 9.16 Å². The van der Waals surface area contributed by atoms with Crippen LogP contribution in [0.15, 0.2) is 60.2 Å². The van der Waals surface area contributed by atoms with Crippen LogP contribution in [-0.4, -0.2) is 32.6 Å². The molecule has 0 heterocycles. The van der Waals surface area contributed by atoms with Crippen molar-refractivity contribution >= 4 is 25.9 Å². The van der Waals surface area contributed by atoms with Crippen LogP contribution in [0.1, 0.15) is 33.6 Å². The van der Waals surface area contributed by atoms with Gasteiger partial charge in [0.15, 0.2) is 8.32 Å². The van der Waals surface area contributed by atoms with E-state index in [-0.39, 0.29) is 28.2 Å². The molecule has 0 radical (unpaired) electrons. The van der Waals surface area contributed by atoms with E-state index < -0.39 is 8.32 Å². The Labute approximate surface area is 182 Å². The van der Waals surface area contributed by atoms with Gasteiger partial charge in [-0.15, -0.1) is 18.3 Å². The first-order valence-corrected chi connectivity index (χ1v) is 14.1. The maximum absolute atomic E-state index is 13.0. The molecule has 1 aliphatic carbocycles. The zero-order valence-corrected chi connectivity index (χ0v) is 20.5. The molecule has 0 aliphatic heterocycles. The fraction of sp³-hybridized carbons (Fsp3) is 0.542. The monoisotopic (exact) mass is 432 g/mol. The van der Waals surface area contributed by atoms with E-state index in [1.165, 1.54) is 4.90 Å². The number of hydrogen-bond donors (Lipinski definition) is 0. The van der Waals surface area contributed by atoms with Crippen LogP contribution in [0.3, 0.4) is 0 Å². The minimum atomic E-state index is -2.01. The average Bonchev–Trinajstić information content (AvgIpc) is 2.93. The third-order valence-corrected chi connectivity index (χ3v) is 12.0. The SMILES string of the molecule is C=CC[C@H]1C(=O)C[C@@H](O[Si](C)(C)C(C)(C)C)[C@@H]1C(/C=C/OC)Sc1ccccc1. The molecule has 0 saturated heterocycles. The largest absolute Gasteiger partial charge is 0.505 e. The second-order valence-corrected chi connectivity index (χ2v) is 15.3. The summed E-state index contributed by atoms with van der Waals surface area (Å²) in [6.45, 7) is 15.2. The van der Waals surface area contributed by atoms with Crippen molar-refractivity contribution in [3.8, 4) is 0 Å². The summed E-state index contributed by atoms with van der Waals surface area (Å²) in [7, 11) is -0.348. The number of carbonyl (C=O) groups is 1. The Morgan fingerprint density at radius 1 is 1.28 bits per heavy atom. The van der Waals surface area contributed by atoms with Gasteiger partial charge >= 0.3 is 0 Å². The molecule has 1 unspecified atom stereocenters. The lowest BCUT2D eigenvalue weighted by Crippen LogP contribution is -2.46. The van der Waals surface area contributed by atoms with Crippen molar-refractivity contribution in [2.45, 2.75) is 68.0 Å². The van der Waals surface area contributed by atoms with Gasteiger partial charge in [-0.25, -0.2) is 0 Å². The molecule has 0 N–H and O–H groups in total. The van der Waals surface area contributed by atoms with Gasteiger partial charge in [0.05, 0.1) is 19.5 Å². The second kappa shape index (κ2) is 10.1. The third kappa shape index (κ3) is 6.09. The van der Waals surface area contributed by atoms with Crippen LogP contribution >= 0.6 is 11.8 Å². The lowest BCUT2D eigenvalue weighted by atomic mass is 9.88. The number of rotatable bonds is 9. The van der Waals surface area contributed by atoms with Crippen molar-refractivity contribution in [3.63, 3.8) is 0 Å². The predicted molar refractivity (Wildman–Crippen MR) is 126 cm³/mol. The highest BCUT2D eigenvalue weighted by Crippen LogP contribution is 2.46. The third-order valence-electron chi connectivity index (χ3n) is 6.18. The zero-order chi connectivity index (χ0) is 21.7. The molecule has 4 atom stereocenters. The van der Waals surface area contributed by atoms with Gasteiger partial charge in [0.1, 0.15) is 5.78 Å². The number of allylic oxidation sites excluding steroid dienone is 1. The molecule has 1 aliphatic rings. The number of Topliss-reactive ketones (excluding diaryl/α,β-unsaturated/α-hetero) is 1. The number of ether oxygens (including phenoxy) is 1. The summed E-state index contributed by atoms with van der Waals surface area (Å²) in [4.78, 5) is 14.2. The van der Waals surface area contributed by atoms with Crippen LogP contribution < -0.4 is 0 Å². The molecule has 5 heteroatoms. The fourth-order valence-electron chi connectivity index (χ4n) is 3.60.